The first-order valence-corrected chi connectivity index (χ1v) is 12.5. The second-order valence-electron chi connectivity index (χ2n) is 8.18. The number of hydrogen-bond acceptors (Lipinski definition) is 5. The third-order valence-electron chi connectivity index (χ3n) is 5.65. The van der Waals surface area contributed by atoms with E-state index in [9.17, 15) is 18.0 Å². The van der Waals surface area contributed by atoms with Crippen LogP contribution in [0.4, 0.5) is 5.69 Å². The minimum atomic E-state index is -3.78. The van der Waals surface area contributed by atoms with Gasteiger partial charge in [-0.05, 0) is 56.0 Å². The van der Waals surface area contributed by atoms with Crippen LogP contribution >= 0.6 is 0 Å². The Morgan fingerprint density at radius 2 is 1.94 bits per heavy atom. The highest BCUT2D eigenvalue weighted by Crippen LogP contribution is 2.22. The lowest BCUT2D eigenvalue weighted by molar-refractivity contribution is -0.126. The molecular formula is C24H31N3O5S. The van der Waals surface area contributed by atoms with Crippen molar-refractivity contribution < 1.29 is 22.7 Å². The van der Waals surface area contributed by atoms with Crippen molar-refractivity contribution in [2.24, 2.45) is 5.92 Å². The average molecular weight is 474 g/mol. The minimum absolute atomic E-state index is 0.0525. The molecule has 178 valence electrons. The number of rotatable bonds is 9. The number of carbonyl (C=O) groups is 2. The smallest absolute Gasteiger partial charge is 0.262 e. The maximum atomic E-state index is 13.1. The number of aryl methyl sites for hydroxylation is 1. The average Bonchev–Trinajstić information content (AvgIpc) is 2.81. The van der Waals surface area contributed by atoms with Crippen LogP contribution in [-0.2, 0) is 19.6 Å². The Morgan fingerprint density at radius 3 is 2.70 bits per heavy atom. The maximum Gasteiger partial charge on any atom is 0.262 e. The molecular weight excluding hydrogens is 442 g/mol. The van der Waals surface area contributed by atoms with Gasteiger partial charge in [-0.25, -0.2) is 8.42 Å². The number of ether oxygens (including phenoxy) is 1. The second kappa shape index (κ2) is 11.3. The lowest BCUT2D eigenvalue weighted by Gasteiger charge is -2.32. The van der Waals surface area contributed by atoms with Crippen molar-refractivity contribution in [3.05, 3.63) is 59.7 Å². The minimum Gasteiger partial charge on any atom is -0.385 e. The van der Waals surface area contributed by atoms with Gasteiger partial charge in [0.15, 0.2) is 0 Å². The molecule has 0 radical (unpaired) electrons. The van der Waals surface area contributed by atoms with Gasteiger partial charge in [0, 0.05) is 44.6 Å². The number of sulfonamides is 1. The number of hydrogen-bond donors (Lipinski definition) is 2. The second-order valence-corrected chi connectivity index (χ2v) is 9.83. The van der Waals surface area contributed by atoms with Crippen molar-refractivity contribution in [2.45, 2.75) is 31.1 Å². The van der Waals surface area contributed by atoms with Gasteiger partial charge in [0.25, 0.3) is 15.9 Å². The standard InChI is InChI=1S/C24H31N3O5S/c1-18-8-3-4-12-22(18)33(30,31)26-21-11-5-9-19(16-21)24(29)27-14-6-10-20(17-27)23(28)25-13-7-15-32-2/h3-5,8-9,11-12,16,20,26H,6-7,10,13-15,17H2,1-2H3,(H,25,28). The molecule has 0 saturated carbocycles. The zero-order chi connectivity index (χ0) is 23.8. The molecule has 0 aliphatic carbocycles. The van der Waals surface area contributed by atoms with Gasteiger partial charge in [0.1, 0.15) is 0 Å². The summed E-state index contributed by atoms with van der Waals surface area (Å²) in [6, 6.07) is 13.2. The molecule has 0 aromatic heterocycles. The summed E-state index contributed by atoms with van der Waals surface area (Å²) in [6.07, 6.45) is 2.21. The molecule has 33 heavy (non-hydrogen) atoms. The van der Waals surface area contributed by atoms with E-state index in [1.165, 1.54) is 6.07 Å². The van der Waals surface area contributed by atoms with Gasteiger partial charge in [0.2, 0.25) is 5.91 Å². The number of piperidine rings is 1. The Balaban J connectivity index is 1.66. The van der Waals surface area contributed by atoms with Crippen LogP contribution in [0.15, 0.2) is 53.4 Å². The Labute approximate surface area is 195 Å². The van der Waals surface area contributed by atoms with Crippen LogP contribution in [0.1, 0.15) is 35.2 Å². The lowest BCUT2D eigenvalue weighted by Crippen LogP contribution is -2.45. The quantitative estimate of drug-likeness (QED) is 0.545. The highest BCUT2D eigenvalue weighted by molar-refractivity contribution is 7.92. The summed E-state index contributed by atoms with van der Waals surface area (Å²) in [6.45, 7) is 3.76. The molecule has 1 atom stereocenters. The molecule has 1 heterocycles. The van der Waals surface area contributed by atoms with Crippen LogP contribution in [-0.4, -0.2) is 58.5 Å². The van der Waals surface area contributed by atoms with Gasteiger partial charge in [-0.2, -0.15) is 0 Å². The number of benzene rings is 2. The Hall–Kier alpha value is -2.91. The summed E-state index contributed by atoms with van der Waals surface area (Å²) in [5, 5.41) is 2.91. The third kappa shape index (κ3) is 6.55. The van der Waals surface area contributed by atoms with Crippen molar-refractivity contribution >= 4 is 27.5 Å². The van der Waals surface area contributed by atoms with Gasteiger partial charge >= 0.3 is 0 Å². The Kier molecular flexibility index (Phi) is 8.46. The number of amides is 2. The lowest BCUT2D eigenvalue weighted by atomic mass is 9.96. The SMILES string of the molecule is COCCCNC(=O)C1CCCN(C(=O)c2cccc(NS(=O)(=O)c3ccccc3C)c2)C1. The van der Waals surface area contributed by atoms with Gasteiger partial charge in [-0.1, -0.05) is 24.3 Å². The number of anilines is 1. The topological polar surface area (TPSA) is 105 Å². The number of carbonyl (C=O) groups excluding carboxylic acids is 2. The summed E-state index contributed by atoms with van der Waals surface area (Å²) in [4.78, 5) is 27.4. The molecule has 1 unspecified atom stereocenters. The number of nitrogens with zero attached hydrogens (tertiary/aromatic N) is 1. The molecule has 1 aliphatic heterocycles. The van der Waals surface area contributed by atoms with E-state index < -0.39 is 10.0 Å². The van der Waals surface area contributed by atoms with Gasteiger partial charge < -0.3 is 15.0 Å². The van der Waals surface area contributed by atoms with Crippen molar-refractivity contribution in [3.63, 3.8) is 0 Å². The summed E-state index contributed by atoms with van der Waals surface area (Å²) < 4.78 is 33.1. The van der Waals surface area contributed by atoms with Crippen LogP contribution < -0.4 is 10.0 Å². The van der Waals surface area contributed by atoms with E-state index in [1.54, 1.807) is 61.4 Å². The summed E-state index contributed by atoms with van der Waals surface area (Å²) in [7, 11) is -2.16. The Bertz CT molecular complexity index is 1090. The van der Waals surface area contributed by atoms with E-state index in [-0.39, 0.29) is 22.6 Å². The first kappa shape index (κ1) is 24.7. The van der Waals surface area contributed by atoms with Crippen LogP contribution in [0.25, 0.3) is 0 Å². The van der Waals surface area contributed by atoms with Crippen molar-refractivity contribution in [1.82, 2.24) is 10.2 Å². The molecule has 9 heteroatoms. The molecule has 2 amide bonds. The predicted molar refractivity (Wildman–Crippen MR) is 127 cm³/mol. The number of methoxy groups -OCH3 is 1. The molecule has 1 aliphatic rings. The van der Waals surface area contributed by atoms with Gasteiger partial charge in [-0.15, -0.1) is 0 Å². The third-order valence-corrected chi connectivity index (χ3v) is 7.19. The van der Waals surface area contributed by atoms with Gasteiger partial charge in [0.05, 0.1) is 10.8 Å². The number of nitrogens with one attached hydrogen (secondary N) is 2. The molecule has 0 spiro atoms. The van der Waals surface area contributed by atoms with Crippen LogP contribution in [0, 0.1) is 12.8 Å². The van der Waals surface area contributed by atoms with Crippen molar-refractivity contribution in [3.8, 4) is 0 Å². The summed E-state index contributed by atoms with van der Waals surface area (Å²) in [5.74, 6) is -0.528. The largest absolute Gasteiger partial charge is 0.385 e. The molecule has 1 fully saturated rings. The molecule has 3 rings (SSSR count). The highest BCUT2D eigenvalue weighted by atomic mass is 32.2. The first-order chi connectivity index (χ1) is 15.8. The zero-order valence-corrected chi connectivity index (χ0v) is 19.9. The molecule has 1 saturated heterocycles. The van der Waals surface area contributed by atoms with Crippen LogP contribution in [0.5, 0.6) is 0 Å². The van der Waals surface area contributed by atoms with E-state index in [0.717, 1.165) is 19.3 Å². The fraction of sp³-hybridized carbons (Fsp3) is 0.417. The summed E-state index contributed by atoms with van der Waals surface area (Å²) >= 11 is 0. The predicted octanol–water partition coefficient (Wildman–Crippen LogP) is 2.80. The molecule has 2 N–H and O–H groups in total. The zero-order valence-electron chi connectivity index (χ0n) is 19.0. The van der Waals surface area contributed by atoms with Crippen LogP contribution in [0.2, 0.25) is 0 Å². The van der Waals surface area contributed by atoms with Gasteiger partial charge in [-0.3, -0.25) is 14.3 Å². The van der Waals surface area contributed by atoms with E-state index in [4.69, 9.17) is 4.74 Å². The Morgan fingerprint density at radius 1 is 1.15 bits per heavy atom. The highest BCUT2D eigenvalue weighted by Gasteiger charge is 2.29. The summed E-state index contributed by atoms with van der Waals surface area (Å²) in [5.41, 5.74) is 1.33. The normalized spacial score (nSPS) is 16.3. The van der Waals surface area contributed by atoms with Crippen molar-refractivity contribution in [2.75, 3.05) is 38.1 Å². The van der Waals surface area contributed by atoms with E-state index in [0.29, 0.717) is 43.1 Å². The molecule has 2 aromatic rings. The fourth-order valence-electron chi connectivity index (χ4n) is 3.91. The molecule has 8 nitrogen and oxygen atoms in total. The first-order valence-electron chi connectivity index (χ1n) is 11.1. The maximum absolute atomic E-state index is 13.1. The van der Waals surface area contributed by atoms with Crippen molar-refractivity contribution in [1.29, 1.82) is 0 Å². The number of likely N-dealkylation sites (tertiary alicyclic amines) is 1. The van der Waals surface area contributed by atoms with E-state index in [1.807, 2.05) is 0 Å². The molecule has 2 aromatic carbocycles. The van der Waals surface area contributed by atoms with E-state index >= 15 is 0 Å². The fourth-order valence-corrected chi connectivity index (χ4v) is 5.21. The molecule has 0 bridgehead atoms. The van der Waals surface area contributed by atoms with E-state index in [2.05, 4.69) is 10.0 Å². The van der Waals surface area contributed by atoms with Crippen LogP contribution in [0.3, 0.4) is 0 Å². The monoisotopic (exact) mass is 473 g/mol.